The van der Waals surface area contributed by atoms with Gasteiger partial charge < -0.3 is 9.84 Å². The van der Waals surface area contributed by atoms with Crippen molar-refractivity contribution < 1.29 is 17.7 Å². The summed E-state index contributed by atoms with van der Waals surface area (Å²) in [6.45, 7) is 3.69. The van der Waals surface area contributed by atoms with Crippen LogP contribution in [0.15, 0.2) is 39.8 Å². The topological polar surface area (TPSA) is 114 Å². The fourth-order valence-corrected chi connectivity index (χ4v) is 3.41. The lowest BCUT2D eigenvalue weighted by Crippen LogP contribution is -2.24. The molecule has 26 heavy (non-hydrogen) atoms. The Morgan fingerprint density at radius 1 is 1.23 bits per heavy atom. The third kappa shape index (κ3) is 3.44. The number of amides is 1. The van der Waals surface area contributed by atoms with Crippen molar-refractivity contribution in [2.75, 3.05) is 7.05 Å². The predicted molar refractivity (Wildman–Crippen MR) is 95.1 cm³/mol. The molecular formula is C17H18N4O4S. The van der Waals surface area contributed by atoms with Crippen molar-refractivity contribution in [2.45, 2.75) is 25.3 Å². The lowest BCUT2D eigenvalue weighted by atomic mass is 10.1. The zero-order valence-corrected chi connectivity index (χ0v) is 15.3. The van der Waals surface area contributed by atoms with Gasteiger partial charge >= 0.3 is 0 Å². The van der Waals surface area contributed by atoms with Crippen LogP contribution in [0.4, 0.5) is 0 Å². The monoisotopic (exact) mass is 374 g/mol. The van der Waals surface area contributed by atoms with Gasteiger partial charge in [-0.1, -0.05) is 17.3 Å². The van der Waals surface area contributed by atoms with E-state index < -0.39 is 10.0 Å². The van der Waals surface area contributed by atoms with Crippen LogP contribution in [0.1, 0.15) is 27.3 Å². The SMILES string of the molecule is CNS(=O)(=O)c1cccc(CNC(=O)c2cc(C)nc3onc(C)c23)c1. The van der Waals surface area contributed by atoms with E-state index in [1.807, 2.05) is 0 Å². The maximum Gasteiger partial charge on any atom is 0.258 e. The summed E-state index contributed by atoms with van der Waals surface area (Å²) in [6, 6.07) is 8.05. The summed E-state index contributed by atoms with van der Waals surface area (Å²) in [5, 5.41) is 7.22. The van der Waals surface area contributed by atoms with Crippen molar-refractivity contribution in [2.24, 2.45) is 0 Å². The molecule has 9 heteroatoms. The molecule has 0 saturated heterocycles. The minimum Gasteiger partial charge on any atom is -0.348 e. The van der Waals surface area contributed by atoms with E-state index in [4.69, 9.17) is 4.52 Å². The number of nitrogens with one attached hydrogen (secondary N) is 2. The molecule has 1 aromatic carbocycles. The van der Waals surface area contributed by atoms with Crippen molar-refractivity contribution >= 4 is 27.0 Å². The highest BCUT2D eigenvalue weighted by atomic mass is 32.2. The van der Waals surface area contributed by atoms with E-state index in [0.29, 0.717) is 33.6 Å². The maximum absolute atomic E-state index is 12.6. The Hall–Kier alpha value is -2.78. The largest absolute Gasteiger partial charge is 0.348 e. The molecule has 136 valence electrons. The lowest BCUT2D eigenvalue weighted by Gasteiger charge is -2.09. The van der Waals surface area contributed by atoms with Crippen LogP contribution in [0.2, 0.25) is 0 Å². The number of hydrogen-bond donors (Lipinski definition) is 2. The molecule has 0 spiro atoms. The number of carbonyl (C=O) groups excluding carboxylic acids is 1. The second-order valence-corrected chi connectivity index (χ2v) is 7.68. The van der Waals surface area contributed by atoms with E-state index in [0.717, 1.165) is 0 Å². The number of pyridine rings is 1. The Morgan fingerprint density at radius 3 is 2.73 bits per heavy atom. The number of aryl methyl sites for hydroxylation is 2. The number of carbonyl (C=O) groups is 1. The van der Waals surface area contributed by atoms with E-state index in [2.05, 4.69) is 20.2 Å². The molecule has 0 saturated carbocycles. The quantitative estimate of drug-likeness (QED) is 0.702. The summed E-state index contributed by atoms with van der Waals surface area (Å²) >= 11 is 0. The van der Waals surface area contributed by atoms with Gasteiger partial charge in [-0.15, -0.1) is 0 Å². The van der Waals surface area contributed by atoms with E-state index >= 15 is 0 Å². The van der Waals surface area contributed by atoms with Gasteiger partial charge in [0.25, 0.3) is 11.6 Å². The van der Waals surface area contributed by atoms with Crippen molar-refractivity contribution in [1.82, 2.24) is 20.2 Å². The Labute approximate surface area is 150 Å². The fraction of sp³-hybridized carbons (Fsp3) is 0.235. The van der Waals surface area contributed by atoms with E-state index in [1.165, 1.54) is 19.2 Å². The molecule has 8 nitrogen and oxygen atoms in total. The third-order valence-corrected chi connectivity index (χ3v) is 5.33. The molecule has 2 aromatic heterocycles. The molecule has 2 heterocycles. The van der Waals surface area contributed by atoms with Gasteiger partial charge in [0.2, 0.25) is 10.0 Å². The third-order valence-electron chi connectivity index (χ3n) is 3.92. The Morgan fingerprint density at radius 2 is 2.00 bits per heavy atom. The van der Waals surface area contributed by atoms with Crippen LogP contribution in [-0.2, 0) is 16.6 Å². The molecule has 0 atom stereocenters. The van der Waals surface area contributed by atoms with Crippen molar-refractivity contribution in [1.29, 1.82) is 0 Å². The van der Waals surface area contributed by atoms with Crippen molar-refractivity contribution in [3.8, 4) is 0 Å². The van der Waals surface area contributed by atoms with Crippen LogP contribution in [0, 0.1) is 13.8 Å². The van der Waals surface area contributed by atoms with Gasteiger partial charge in [-0.25, -0.2) is 18.1 Å². The summed E-state index contributed by atoms with van der Waals surface area (Å²) in [7, 11) is -2.19. The zero-order chi connectivity index (χ0) is 18.9. The van der Waals surface area contributed by atoms with Crippen molar-refractivity contribution in [3.63, 3.8) is 0 Å². The summed E-state index contributed by atoms with van der Waals surface area (Å²) in [6.07, 6.45) is 0. The molecule has 3 aromatic rings. The second-order valence-electron chi connectivity index (χ2n) is 5.80. The van der Waals surface area contributed by atoms with Gasteiger partial charge in [0, 0.05) is 12.2 Å². The Kier molecular flexibility index (Phi) is 4.75. The minimum atomic E-state index is -3.54. The number of benzene rings is 1. The highest BCUT2D eigenvalue weighted by Gasteiger charge is 2.18. The standard InChI is InChI=1S/C17H18N4O4S/c1-10-7-14(15-11(2)21-25-17(15)20-10)16(22)19-9-12-5-4-6-13(8-12)26(23,24)18-3/h4-8,18H,9H2,1-3H3,(H,19,22). The molecule has 0 fully saturated rings. The van der Waals surface area contributed by atoms with Crippen LogP contribution in [0.5, 0.6) is 0 Å². The van der Waals surface area contributed by atoms with Gasteiger partial charge in [0.1, 0.15) is 0 Å². The van der Waals surface area contributed by atoms with Gasteiger partial charge in [-0.2, -0.15) is 0 Å². The van der Waals surface area contributed by atoms with Gasteiger partial charge in [-0.3, -0.25) is 4.79 Å². The van der Waals surface area contributed by atoms with Gasteiger partial charge in [-0.05, 0) is 44.7 Å². The van der Waals surface area contributed by atoms with Crippen LogP contribution in [-0.4, -0.2) is 31.5 Å². The van der Waals surface area contributed by atoms with Crippen molar-refractivity contribution in [3.05, 3.63) is 52.8 Å². The number of nitrogens with zero attached hydrogens (tertiary/aromatic N) is 2. The average Bonchev–Trinajstić information content (AvgIpc) is 3.00. The van der Waals surface area contributed by atoms with E-state index in [1.54, 1.807) is 32.0 Å². The maximum atomic E-state index is 12.6. The molecular weight excluding hydrogens is 356 g/mol. The normalized spacial score (nSPS) is 11.7. The molecule has 0 radical (unpaired) electrons. The predicted octanol–water partition coefficient (Wildman–Crippen LogP) is 1.68. The average molecular weight is 374 g/mol. The molecule has 0 aliphatic heterocycles. The molecule has 0 unspecified atom stereocenters. The summed E-state index contributed by atoms with van der Waals surface area (Å²) in [4.78, 5) is 17.0. The lowest BCUT2D eigenvalue weighted by molar-refractivity contribution is 0.0952. The van der Waals surface area contributed by atoms with Crippen LogP contribution in [0.3, 0.4) is 0 Å². The van der Waals surface area contributed by atoms with E-state index in [-0.39, 0.29) is 17.3 Å². The van der Waals surface area contributed by atoms with E-state index in [9.17, 15) is 13.2 Å². The second kappa shape index (κ2) is 6.85. The highest BCUT2D eigenvalue weighted by molar-refractivity contribution is 7.89. The summed E-state index contributed by atoms with van der Waals surface area (Å²) in [5.41, 5.74) is 2.62. The smallest absolute Gasteiger partial charge is 0.258 e. The first kappa shape index (κ1) is 18.0. The zero-order valence-electron chi connectivity index (χ0n) is 14.5. The number of fused-ring (bicyclic) bond motifs is 1. The Balaban J connectivity index is 1.84. The number of sulfonamides is 1. The van der Waals surface area contributed by atoms with Gasteiger partial charge in [0.15, 0.2) is 0 Å². The van der Waals surface area contributed by atoms with Crippen LogP contribution in [0.25, 0.3) is 11.1 Å². The van der Waals surface area contributed by atoms with Gasteiger partial charge in [0.05, 0.1) is 21.5 Å². The number of hydrogen-bond acceptors (Lipinski definition) is 6. The molecule has 2 N–H and O–H groups in total. The summed E-state index contributed by atoms with van der Waals surface area (Å²) in [5.74, 6) is -0.311. The molecule has 0 aliphatic rings. The molecule has 0 bridgehead atoms. The van der Waals surface area contributed by atoms with Crippen LogP contribution < -0.4 is 10.0 Å². The first-order valence-electron chi connectivity index (χ1n) is 7.86. The number of aromatic nitrogens is 2. The first-order chi connectivity index (χ1) is 12.3. The number of rotatable bonds is 5. The Bertz CT molecular complexity index is 1090. The fourth-order valence-electron chi connectivity index (χ4n) is 2.61. The minimum absolute atomic E-state index is 0.142. The molecule has 0 aliphatic carbocycles. The molecule has 1 amide bonds. The van der Waals surface area contributed by atoms with Crippen LogP contribution >= 0.6 is 0 Å². The highest BCUT2D eigenvalue weighted by Crippen LogP contribution is 2.22. The summed E-state index contributed by atoms with van der Waals surface area (Å²) < 4.78 is 31.2. The molecule has 3 rings (SSSR count). The first-order valence-corrected chi connectivity index (χ1v) is 9.34.